The predicted octanol–water partition coefficient (Wildman–Crippen LogP) is 0.708. The summed E-state index contributed by atoms with van der Waals surface area (Å²) in [4.78, 5) is 34.3. The van der Waals surface area contributed by atoms with Crippen LogP contribution >= 0.6 is 0 Å². The van der Waals surface area contributed by atoms with Crippen molar-refractivity contribution in [3.63, 3.8) is 0 Å². The van der Waals surface area contributed by atoms with E-state index < -0.39 is 23.3 Å². The molecule has 0 aliphatic heterocycles. The summed E-state index contributed by atoms with van der Waals surface area (Å²) in [5, 5.41) is 0. The molecule has 1 aliphatic carbocycles. The van der Waals surface area contributed by atoms with Crippen molar-refractivity contribution in [2.75, 3.05) is 14.2 Å². The van der Waals surface area contributed by atoms with E-state index in [1.807, 2.05) is 0 Å². The molecule has 0 N–H and O–H groups in total. The fraction of sp³-hybridized carbons (Fsp3) is 0.727. The van der Waals surface area contributed by atoms with Crippen molar-refractivity contribution in [1.82, 2.24) is 0 Å². The molecule has 0 aromatic heterocycles. The van der Waals surface area contributed by atoms with E-state index in [1.54, 1.807) is 0 Å². The Balaban J connectivity index is 3.03. The van der Waals surface area contributed by atoms with Gasteiger partial charge in [0.1, 0.15) is 12.2 Å². The summed E-state index contributed by atoms with van der Waals surface area (Å²) in [6.07, 6.45) is 3.12. The number of carbonyl (C=O) groups is 3. The Kier molecular flexibility index (Phi) is 4.04. The fourth-order valence-electron chi connectivity index (χ4n) is 2.39. The lowest BCUT2D eigenvalue weighted by Gasteiger charge is -2.29. The van der Waals surface area contributed by atoms with Crippen molar-refractivity contribution in [3.05, 3.63) is 0 Å². The van der Waals surface area contributed by atoms with Gasteiger partial charge in [0.15, 0.2) is 0 Å². The van der Waals surface area contributed by atoms with Crippen LogP contribution in [0.4, 0.5) is 0 Å². The van der Waals surface area contributed by atoms with Gasteiger partial charge in [-0.1, -0.05) is 12.8 Å². The number of esters is 2. The summed E-state index contributed by atoms with van der Waals surface area (Å²) >= 11 is 0. The molecule has 1 fully saturated rings. The average Bonchev–Trinajstić information content (AvgIpc) is 2.79. The van der Waals surface area contributed by atoms with Crippen molar-refractivity contribution in [1.29, 1.82) is 0 Å². The van der Waals surface area contributed by atoms with Crippen molar-refractivity contribution in [3.8, 4) is 0 Å². The quantitative estimate of drug-likeness (QED) is 0.402. The molecule has 1 atom stereocenters. The second-order valence-electron chi connectivity index (χ2n) is 3.99. The van der Waals surface area contributed by atoms with E-state index in [4.69, 9.17) is 4.74 Å². The van der Waals surface area contributed by atoms with E-state index in [0.29, 0.717) is 19.1 Å². The largest absolute Gasteiger partial charge is 0.469 e. The molecule has 1 rings (SSSR count). The molecular formula is C11H16O5. The molecular weight excluding hydrogens is 212 g/mol. The van der Waals surface area contributed by atoms with Crippen LogP contribution in [0, 0.1) is 11.3 Å². The smallest absolute Gasteiger partial charge is 0.317 e. The molecule has 0 heterocycles. The monoisotopic (exact) mass is 228 g/mol. The molecule has 0 radical (unpaired) electrons. The summed E-state index contributed by atoms with van der Waals surface area (Å²) in [7, 11) is 2.47. The first-order chi connectivity index (χ1) is 7.62. The third-order valence-electron chi connectivity index (χ3n) is 3.27. The Morgan fingerprint density at radius 1 is 1.19 bits per heavy atom. The van der Waals surface area contributed by atoms with Gasteiger partial charge in [0, 0.05) is 0 Å². The number of aldehydes is 1. The lowest BCUT2D eigenvalue weighted by atomic mass is 9.74. The number of ether oxygens (including phenoxy) is 2. The lowest BCUT2D eigenvalue weighted by Crippen LogP contribution is -2.42. The first-order valence-corrected chi connectivity index (χ1v) is 5.24. The molecule has 0 aromatic rings. The van der Waals surface area contributed by atoms with Crippen LogP contribution in [0.3, 0.4) is 0 Å². The van der Waals surface area contributed by atoms with E-state index in [-0.39, 0.29) is 0 Å². The van der Waals surface area contributed by atoms with E-state index in [0.717, 1.165) is 12.8 Å². The molecule has 0 amide bonds. The van der Waals surface area contributed by atoms with Crippen LogP contribution in [0.1, 0.15) is 25.7 Å². The van der Waals surface area contributed by atoms with Crippen molar-refractivity contribution in [2.45, 2.75) is 25.7 Å². The predicted molar refractivity (Wildman–Crippen MR) is 54.5 cm³/mol. The zero-order valence-electron chi connectivity index (χ0n) is 9.52. The number of hydrogen-bond acceptors (Lipinski definition) is 5. The Morgan fingerprint density at radius 2 is 1.75 bits per heavy atom. The van der Waals surface area contributed by atoms with Crippen LogP contribution in [0.5, 0.6) is 0 Å². The van der Waals surface area contributed by atoms with Crippen LogP contribution < -0.4 is 0 Å². The molecule has 0 saturated heterocycles. The fourth-order valence-corrected chi connectivity index (χ4v) is 2.39. The molecule has 1 unspecified atom stereocenters. The molecule has 90 valence electrons. The third-order valence-corrected chi connectivity index (χ3v) is 3.27. The first-order valence-electron chi connectivity index (χ1n) is 5.24. The van der Waals surface area contributed by atoms with Gasteiger partial charge in [0.2, 0.25) is 0 Å². The molecule has 0 aromatic carbocycles. The standard InChI is InChI=1S/C11H16O5/c1-15-9(13)8(7-12)11(10(14)16-2)5-3-4-6-11/h7-8H,3-6H2,1-2H3. The van der Waals surface area contributed by atoms with Crippen LogP contribution in [-0.2, 0) is 23.9 Å². The Bertz CT molecular complexity index is 291. The molecule has 0 bridgehead atoms. The van der Waals surface area contributed by atoms with Gasteiger partial charge in [-0.05, 0) is 12.8 Å². The molecule has 16 heavy (non-hydrogen) atoms. The van der Waals surface area contributed by atoms with Crippen LogP contribution in [0.2, 0.25) is 0 Å². The second kappa shape index (κ2) is 5.09. The highest BCUT2D eigenvalue weighted by molar-refractivity contribution is 5.95. The maximum Gasteiger partial charge on any atom is 0.317 e. The molecule has 1 saturated carbocycles. The first kappa shape index (κ1) is 12.7. The molecule has 1 aliphatic rings. The Morgan fingerprint density at radius 3 is 2.12 bits per heavy atom. The number of rotatable bonds is 4. The van der Waals surface area contributed by atoms with Crippen molar-refractivity contribution < 1.29 is 23.9 Å². The SMILES string of the molecule is COC(=O)C(C=O)C1(C(=O)OC)CCCC1. The Labute approximate surface area is 94.1 Å². The van der Waals surface area contributed by atoms with Crippen molar-refractivity contribution >= 4 is 18.2 Å². The number of hydrogen-bond donors (Lipinski definition) is 0. The van der Waals surface area contributed by atoms with Crippen LogP contribution in [-0.4, -0.2) is 32.4 Å². The van der Waals surface area contributed by atoms with Gasteiger partial charge in [-0.3, -0.25) is 9.59 Å². The summed E-state index contributed by atoms with van der Waals surface area (Å²) < 4.78 is 9.27. The maximum absolute atomic E-state index is 11.8. The normalized spacial score (nSPS) is 19.9. The van der Waals surface area contributed by atoms with E-state index >= 15 is 0 Å². The van der Waals surface area contributed by atoms with E-state index in [9.17, 15) is 14.4 Å². The second-order valence-corrected chi connectivity index (χ2v) is 3.99. The zero-order chi connectivity index (χ0) is 12.2. The average molecular weight is 228 g/mol. The summed E-state index contributed by atoms with van der Waals surface area (Å²) in [6, 6.07) is 0. The molecule has 5 heteroatoms. The maximum atomic E-state index is 11.8. The van der Waals surface area contributed by atoms with Gasteiger partial charge in [0.25, 0.3) is 0 Å². The zero-order valence-corrected chi connectivity index (χ0v) is 9.52. The van der Waals surface area contributed by atoms with E-state index in [1.165, 1.54) is 14.2 Å². The van der Waals surface area contributed by atoms with E-state index in [2.05, 4.69) is 4.74 Å². The molecule has 5 nitrogen and oxygen atoms in total. The Hall–Kier alpha value is -1.39. The van der Waals surface area contributed by atoms with Gasteiger partial charge in [0.05, 0.1) is 19.6 Å². The van der Waals surface area contributed by atoms with Gasteiger partial charge in [-0.15, -0.1) is 0 Å². The minimum absolute atomic E-state index is 0.493. The van der Waals surface area contributed by atoms with Gasteiger partial charge >= 0.3 is 11.9 Å². The summed E-state index contributed by atoms with van der Waals surface area (Å²) in [5.74, 6) is -2.21. The van der Waals surface area contributed by atoms with Gasteiger partial charge < -0.3 is 14.3 Å². The highest BCUT2D eigenvalue weighted by Crippen LogP contribution is 2.45. The van der Waals surface area contributed by atoms with Crippen LogP contribution in [0.15, 0.2) is 0 Å². The lowest BCUT2D eigenvalue weighted by molar-refractivity contribution is -0.167. The number of methoxy groups -OCH3 is 2. The highest BCUT2D eigenvalue weighted by Gasteiger charge is 2.52. The topological polar surface area (TPSA) is 69.7 Å². The minimum Gasteiger partial charge on any atom is -0.469 e. The minimum atomic E-state index is -1.05. The number of carbonyl (C=O) groups excluding carboxylic acids is 3. The van der Waals surface area contributed by atoms with Gasteiger partial charge in [-0.2, -0.15) is 0 Å². The molecule has 0 spiro atoms. The van der Waals surface area contributed by atoms with Crippen molar-refractivity contribution in [2.24, 2.45) is 11.3 Å². The third kappa shape index (κ3) is 1.94. The summed E-state index contributed by atoms with van der Waals surface area (Å²) in [6.45, 7) is 0. The summed E-state index contributed by atoms with van der Waals surface area (Å²) in [5.41, 5.74) is -1.01. The van der Waals surface area contributed by atoms with Gasteiger partial charge in [-0.25, -0.2) is 0 Å². The van der Waals surface area contributed by atoms with Crippen LogP contribution in [0.25, 0.3) is 0 Å². The highest BCUT2D eigenvalue weighted by atomic mass is 16.5.